The molecule has 0 radical (unpaired) electrons. The molecule has 2 aliphatic heterocycles. The molecule has 5 nitrogen and oxygen atoms in total. The molecule has 2 atom stereocenters. The molecule has 2 saturated heterocycles. The van der Waals surface area contributed by atoms with Crippen molar-refractivity contribution in [2.45, 2.75) is 32.0 Å². The van der Waals surface area contributed by atoms with Crippen LogP contribution in [0, 0.1) is 5.92 Å². The molecule has 0 aromatic heterocycles. The number of halogens is 3. The smallest absolute Gasteiger partial charge is 0.374 e. The lowest BCUT2D eigenvalue weighted by molar-refractivity contribution is -0.165. The third-order valence-corrected chi connectivity index (χ3v) is 3.99. The van der Waals surface area contributed by atoms with Crippen molar-refractivity contribution in [2.24, 2.45) is 5.92 Å². The Balaban J connectivity index is 1.95. The van der Waals surface area contributed by atoms with Crippen LogP contribution in [0.1, 0.15) is 19.8 Å². The SMILES string of the molecule is CC(=O)N1CCO[C@@H]2CN(C(=O)CC(F)(F)F)CC[C@@H]2C1. The van der Waals surface area contributed by atoms with Crippen molar-refractivity contribution >= 4 is 11.8 Å². The van der Waals surface area contributed by atoms with Crippen LogP contribution < -0.4 is 0 Å². The first-order chi connectivity index (χ1) is 9.76. The standard InChI is InChI=1S/C13H19F3N2O3/c1-9(19)17-4-5-21-11-8-18(3-2-10(11)7-17)12(20)6-13(14,15)16/h10-11H,2-8H2,1H3/t10-,11-/m1/s1. The van der Waals surface area contributed by atoms with Gasteiger partial charge in [-0.15, -0.1) is 0 Å². The predicted octanol–water partition coefficient (Wildman–Crippen LogP) is 1.03. The molecule has 0 spiro atoms. The summed E-state index contributed by atoms with van der Waals surface area (Å²) >= 11 is 0. The number of likely N-dealkylation sites (tertiary alicyclic amines) is 1. The van der Waals surface area contributed by atoms with Gasteiger partial charge in [-0.1, -0.05) is 0 Å². The molecule has 0 saturated carbocycles. The van der Waals surface area contributed by atoms with E-state index in [9.17, 15) is 22.8 Å². The molecule has 2 aliphatic rings. The van der Waals surface area contributed by atoms with E-state index >= 15 is 0 Å². The Labute approximate surface area is 121 Å². The van der Waals surface area contributed by atoms with Crippen molar-refractivity contribution in [3.8, 4) is 0 Å². The summed E-state index contributed by atoms with van der Waals surface area (Å²) in [5, 5.41) is 0. The maximum atomic E-state index is 12.3. The van der Waals surface area contributed by atoms with Gasteiger partial charge in [-0.05, 0) is 6.42 Å². The second-order valence-corrected chi connectivity index (χ2v) is 5.55. The Bertz CT molecular complexity index is 414. The average molecular weight is 308 g/mol. The molecule has 2 fully saturated rings. The number of hydrogen-bond acceptors (Lipinski definition) is 3. The number of alkyl halides is 3. The number of carbonyl (C=O) groups excluding carboxylic acids is 2. The Morgan fingerprint density at radius 2 is 1.90 bits per heavy atom. The van der Waals surface area contributed by atoms with Gasteiger partial charge in [0.1, 0.15) is 6.42 Å². The Morgan fingerprint density at radius 1 is 1.19 bits per heavy atom. The van der Waals surface area contributed by atoms with Gasteiger partial charge in [-0.2, -0.15) is 13.2 Å². The van der Waals surface area contributed by atoms with Crippen LogP contribution >= 0.6 is 0 Å². The van der Waals surface area contributed by atoms with Gasteiger partial charge in [0.25, 0.3) is 0 Å². The monoisotopic (exact) mass is 308 g/mol. The van der Waals surface area contributed by atoms with Crippen LogP contribution in [-0.4, -0.2) is 66.7 Å². The van der Waals surface area contributed by atoms with Gasteiger partial charge >= 0.3 is 6.18 Å². The van der Waals surface area contributed by atoms with E-state index in [1.807, 2.05) is 0 Å². The highest BCUT2D eigenvalue weighted by molar-refractivity contribution is 5.77. The van der Waals surface area contributed by atoms with E-state index in [0.717, 1.165) is 0 Å². The summed E-state index contributed by atoms with van der Waals surface area (Å²) in [5.41, 5.74) is 0. The lowest BCUT2D eigenvalue weighted by Crippen LogP contribution is -2.50. The molecule has 2 rings (SSSR count). The van der Waals surface area contributed by atoms with Crippen molar-refractivity contribution in [1.29, 1.82) is 0 Å². The lowest BCUT2D eigenvalue weighted by Gasteiger charge is -2.38. The topological polar surface area (TPSA) is 49.9 Å². The van der Waals surface area contributed by atoms with Crippen LogP contribution in [0.3, 0.4) is 0 Å². The number of amides is 2. The summed E-state index contributed by atoms with van der Waals surface area (Å²) in [4.78, 5) is 26.0. The van der Waals surface area contributed by atoms with E-state index < -0.39 is 18.5 Å². The molecule has 0 unspecified atom stereocenters. The minimum Gasteiger partial charge on any atom is -0.374 e. The highest BCUT2D eigenvalue weighted by atomic mass is 19.4. The van der Waals surface area contributed by atoms with Gasteiger partial charge in [0.2, 0.25) is 11.8 Å². The van der Waals surface area contributed by atoms with E-state index in [1.165, 1.54) is 11.8 Å². The molecule has 0 aromatic rings. The minimum atomic E-state index is -4.48. The highest BCUT2D eigenvalue weighted by Gasteiger charge is 2.39. The second kappa shape index (κ2) is 6.21. The van der Waals surface area contributed by atoms with Gasteiger partial charge in [-0.25, -0.2) is 0 Å². The quantitative estimate of drug-likeness (QED) is 0.727. The minimum absolute atomic E-state index is 0.0326. The Hall–Kier alpha value is -1.31. The largest absolute Gasteiger partial charge is 0.397 e. The van der Waals surface area contributed by atoms with Crippen LogP contribution in [0.4, 0.5) is 13.2 Å². The average Bonchev–Trinajstić information content (AvgIpc) is 2.57. The summed E-state index contributed by atoms with van der Waals surface area (Å²) < 4.78 is 42.5. The van der Waals surface area contributed by atoms with E-state index in [1.54, 1.807) is 4.90 Å². The molecule has 0 aliphatic carbocycles. The molecular formula is C13H19F3N2O3. The maximum absolute atomic E-state index is 12.3. The summed E-state index contributed by atoms with van der Waals surface area (Å²) in [6.07, 6.45) is -5.65. The maximum Gasteiger partial charge on any atom is 0.397 e. The summed E-state index contributed by atoms with van der Waals surface area (Å²) in [6, 6.07) is 0. The number of carbonyl (C=O) groups is 2. The van der Waals surface area contributed by atoms with E-state index in [0.29, 0.717) is 26.1 Å². The van der Waals surface area contributed by atoms with Gasteiger partial charge in [0.05, 0.1) is 12.7 Å². The first-order valence-corrected chi connectivity index (χ1v) is 6.98. The fraction of sp³-hybridized carbons (Fsp3) is 0.846. The van der Waals surface area contributed by atoms with Crippen molar-refractivity contribution in [3.05, 3.63) is 0 Å². The highest BCUT2D eigenvalue weighted by Crippen LogP contribution is 2.27. The Morgan fingerprint density at radius 3 is 2.52 bits per heavy atom. The van der Waals surface area contributed by atoms with E-state index in [4.69, 9.17) is 4.74 Å². The van der Waals surface area contributed by atoms with Crippen molar-refractivity contribution in [1.82, 2.24) is 9.80 Å². The first kappa shape index (κ1) is 16.1. The molecule has 120 valence electrons. The van der Waals surface area contributed by atoms with E-state index in [2.05, 4.69) is 0 Å². The zero-order valence-corrected chi connectivity index (χ0v) is 11.9. The molecule has 2 heterocycles. The molecule has 8 heteroatoms. The fourth-order valence-corrected chi connectivity index (χ4v) is 2.85. The molecule has 0 aromatic carbocycles. The molecule has 2 amide bonds. The molecule has 0 N–H and O–H groups in total. The normalized spacial score (nSPS) is 27.0. The van der Waals surface area contributed by atoms with Gasteiger partial charge in [0.15, 0.2) is 0 Å². The number of hydrogen-bond donors (Lipinski definition) is 0. The zero-order chi connectivity index (χ0) is 15.6. The van der Waals surface area contributed by atoms with Crippen LogP contribution in [0.5, 0.6) is 0 Å². The van der Waals surface area contributed by atoms with Gasteiger partial charge in [0, 0.05) is 39.0 Å². The first-order valence-electron chi connectivity index (χ1n) is 6.98. The number of ether oxygens (including phenoxy) is 1. The molecule has 0 bridgehead atoms. The Kier molecular flexibility index (Phi) is 4.75. The lowest BCUT2D eigenvalue weighted by atomic mass is 9.93. The van der Waals surface area contributed by atoms with Crippen molar-refractivity contribution in [3.63, 3.8) is 0 Å². The number of rotatable bonds is 1. The van der Waals surface area contributed by atoms with Crippen LogP contribution in [0.2, 0.25) is 0 Å². The van der Waals surface area contributed by atoms with Crippen molar-refractivity contribution < 1.29 is 27.5 Å². The summed E-state index contributed by atoms with van der Waals surface area (Å²) in [6.45, 7) is 3.32. The second-order valence-electron chi connectivity index (χ2n) is 5.55. The number of nitrogens with zero attached hydrogens (tertiary/aromatic N) is 2. The predicted molar refractivity (Wildman–Crippen MR) is 67.4 cm³/mol. The summed E-state index contributed by atoms with van der Waals surface area (Å²) in [5.74, 6) is -0.863. The van der Waals surface area contributed by atoms with Gasteiger partial charge < -0.3 is 14.5 Å². The summed E-state index contributed by atoms with van der Waals surface area (Å²) in [7, 11) is 0. The van der Waals surface area contributed by atoms with E-state index in [-0.39, 0.29) is 31.0 Å². The number of piperidine rings is 1. The van der Waals surface area contributed by atoms with Crippen LogP contribution in [0.25, 0.3) is 0 Å². The molecular weight excluding hydrogens is 289 g/mol. The van der Waals surface area contributed by atoms with Crippen LogP contribution in [-0.2, 0) is 14.3 Å². The molecule has 21 heavy (non-hydrogen) atoms. The van der Waals surface area contributed by atoms with Crippen LogP contribution in [0.15, 0.2) is 0 Å². The third-order valence-electron chi connectivity index (χ3n) is 3.99. The number of fused-ring (bicyclic) bond motifs is 1. The fourth-order valence-electron chi connectivity index (χ4n) is 2.85. The van der Waals surface area contributed by atoms with Gasteiger partial charge in [-0.3, -0.25) is 9.59 Å². The van der Waals surface area contributed by atoms with Crippen molar-refractivity contribution in [2.75, 3.05) is 32.8 Å². The third kappa shape index (κ3) is 4.33. The zero-order valence-electron chi connectivity index (χ0n) is 11.9.